The normalized spacial score (nSPS) is 10.2. The van der Waals surface area contributed by atoms with Crippen LogP contribution in [0.15, 0.2) is 40.9 Å². The van der Waals surface area contributed by atoms with E-state index in [0.29, 0.717) is 0 Å². The fourth-order valence-corrected chi connectivity index (χ4v) is 1.87. The molecule has 0 saturated heterocycles. The molecule has 0 aliphatic rings. The molecule has 0 atom stereocenters. The first-order valence-electron chi connectivity index (χ1n) is 5.59. The van der Waals surface area contributed by atoms with Crippen LogP contribution in [0.25, 0.3) is 0 Å². The van der Waals surface area contributed by atoms with E-state index in [-0.39, 0.29) is 10.2 Å². The van der Waals surface area contributed by atoms with E-state index in [2.05, 4.69) is 21.2 Å². The van der Waals surface area contributed by atoms with Gasteiger partial charge in [0.15, 0.2) is 0 Å². The number of nitro groups is 1. The molecule has 1 amide bonds. The summed E-state index contributed by atoms with van der Waals surface area (Å²) in [5, 5.41) is 13.1. The van der Waals surface area contributed by atoms with Crippen molar-refractivity contribution in [2.24, 2.45) is 0 Å². The highest BCUT2D eigenvalue weighted by atomic mass is 79.9. The highest BCUT2D eigenvalue weighted by molar-refractivity contribution is 9.10. The molecule has 0 saturated carbocycles. The molecule has 0 unspecified atom stereocenters. The maximum atomic E-state index is 13.3. The summed E-state index contributed by atoms with van der Waals surface area (Å²) in [6, 6.07) is 6.33. The Morgan fingerprint density at radius 1 is 1.19 bits per heavy atom. The van der Waals surface area contributed by atoms with Gasteiger partial charge >= 0.3 is 0 Å². The van der Waals surface area contributed by atoms with Crippen molar-refractivity contribution in [1.29, 1.82) is 0 Å². The van der Waals surface area contributed by atoms with Crippen LogP contribution in [0.5, 0.6) is 0 Å². The fourth-order valence-electron chi connectivity index (χ4n) is 1.62. The van der Waals surface area contributed by atoms with Crippen molar-refractivity contribution in [3.8, 4) is 0 Å². The van der Waals surface area contributed by atoms with Gasteiger partial charge in [0.25, 0.3) is 11.6 Å². The number of nitrogens with one attached hydrogen (secondary N) is 1. The average Bonchev–Trinajstić information content (AvgIpc) is 2.42. The molecule has 2 aromatic carbocycles. The molecule has 0 spiro atoms. The van der Waals surface area contributed by atoms with Gasteiger partial charge in [0.2, 0.25) is 0 Å². The lowest BCUT2D eigenvalue weighted by Crippen LogP contribution is -2.14. The number of carbonyl (C=O) groups is 1. The van der Waals surface area contributed by atoms with Crippen molar-refractivity contribution in [2.45, 2.75) is 0 Å². The maximum absolute atomic E-state index is 13.3. The molecule has 21 heavy (non-hydrogen) atoms. The Bertz CT molecular complexity index is 737. The van der Waals surface area contributed by atoms with Crippen LogP contribution in [0.1, 0.15) is 10.4 Å². The molecular formula is C13H7BrF2N2O3. The summed E-state index contributed by atoms with van der Waals surface area (Å²) >= 11 is 2.95. The Morgan fingerprint density at radius 2 is 1.90 bits per heavy atom. The number of rotatable bonds is 3. The molecule has 2 aromatic rings. The largest absolute Gasteiger partial charge is 0.322 e. The number of nitrogens with zero attached hydrogens (tertiary/aromatic N) is 1. The summed E-state index contributed by atoms with van der Waals surface area (Å²) in [7, 11) is 0. The minimum Gasteiger partial charge on any atom is -0.322 e. The topological polar surface area (TPSA) is 72.2 Å². The lowest BCUT2D eigenvalue weighted by Gasteiger charge is -2.06. The van der Waals surface area contributed by atoms with Gasteiger partial charge in [-0.1, -0.05) is 0 Å². The molecule has 0 bridgehead atoms. The van der Waals surface area contributed by atoms with E-state index in [1.165, 1.54) is 12.1 Å². The zero-order valence-electron chi connectivity index (χ0n) is 10.3. The predicted octanol–water partition coefficient (Wildman–Crippen LogP) is 3.89. The second-order valence-electron chi connectivity index (χ2n) is 4.00. The number of hydrogen-bond acceptors (Lipinski definition) is 3. The molecule has 108 valence electrons. The summed E-state index contributed by atoms with van der Waals surface area (Å²) in [5.41, 5.74) is -0.880. The smallest absolute Gasteiger partial charge is 0.282 e. The van der Waals surface area contributed by atoms with E-state index >= 15 is 0 Å². The van der Waals surface area contributed by atoms with E-state index in [4.69, 9.17) is 0 Å². The van der Waals surface area contributed by atoms with Crippen LogP contribution in [-0.2, 0) is 0 Å². The number of anilines is 1. The molecule has 0 aliphatic carbocycles. The van der Waals surface area contributed by atoms with Crippen LogP contribution in [0, 0.1) is 21.7 Å². The van der Waals surface area contributed by atoms with Gasteiger partial charge in [-0.3, -0.25) is 14.9 Å². The van der Waals surface area contributed by atoms with Gasteiger partial charge in [0.1, 0.15) is 17.2 Å². The standard InChI is InChI=1S/C13H7BrF2N2O3/c14-10-3-2-8(6-11(10)16)17-13(19)9-5-7(15)1-4-12(9)18(20)21/h1-6H,(H,17,19). The van der Waals surface area contributed by atoms with Gasteiger partial charge in [-0.15, -0.1) is 0 Å². The van der Waals surface area contributed by atoms with E-state index in [1.807, 2.05) is 0 Å². The minimum absolute atomic E-state index is 0.0965. The first-order valence-corrected chi connectivity index (χ1v) is 6.38. The maximum Gasteiger partial charge on any atom is 0.282 e. The molecule has 1 N–H and O–H groups in total. The van der Waals surface area contributed by atoms with E-state index in [9.17, 15) is 23.7 Å². The lowest BCUT2D eigenvalue weighted by atomic mass is 10.1. The molecule has 0 radical (unpaired) electrons. The highest BCUT2D eigenvalue weighted by Crippen LogP contribution is 2.23. The molecule has 2 rings (SSSR count). The van der Waals surface area contributed by atoms with Crippen LogP contribution in [-0.4, -0.2) is 10.8 Å². The molecule has 8 heteroatoms. The number of hydrogen-bond donors (Lipinski definition) is 1. The number of nitro benzene ring substituents is 1. The number of benzene rings is 2. The summed E-state index contributed by atoms with van der Waals surface area (Å²) < 4.78 is 26.7. The van der Waals surface area contributed by atoms with Gasteiger partial charge in [-0.25, -0.2) is 8.78 Å². The molecule has 0 heterocycles. The second kappa shape index (κ2) is 5.96. The van der Waals surface area contributed by atoms with Gasteiger partial charge in [-0.2, -0.15) is 0 Å². The van der Waals surface area contributed by atoms with E-state index in [1.54, 1.807) is 0 Å². The average molecular weight is 357 g/mol. The van der Waals surface area contributed by atoms with Gasteiger partial charge in [0, 0.05) is 11.8 Å². The van der Waals surface area contributed by atoms with Crippen molar-refractivity contribution < 1.29 is 18.5 Å². The number of carbonyl (C=O) groups excluding carboxylic acids is 1. The Labute approximate surface area is 125 Å². The number of amides is 1. The second-order valence-corrected chi connectivity index (χ2v) is 4.86. The zero-order valence-corrected chi connectivity index (χ0v) is 11.9. The van der Waals surface area contributed by atoms with Crippen LogP contribution < -0.4 is 5.32 Å². The fraction of sp³-hybridized carbons (Fsp3) is 0. The Balaban J connectivity index is 2.34. The third kappa shape index (κ3) is 3.40. The summed E-state index contributed by atoms with van der Waals surface area (Å²) in [5.74, 6) is -2.29. The first kappa shape index (κ1) is 15.0. The Hall–Kier alpha value is -2.35. The Morgan fingerprint density at radius 3 is 2.52 bits per heavy atom. The quantitative estimate of drug-likeness (QED) is 0.669. The molecule has 0 aromatic heterocycles. The van der Waals surface area contributed by atoms with Crippen molar-refractivity contribution in [3.63, 3.8) is 0 Å². The van der Waals surface area contributed by atoms with Crippen LogP contribution >= 0.6 is 15.9 Å². The number of halogens is 3. The van der Waals surface area contributed by atoms with Gasteiger partial charge < -0.3 is 5.32 Å². The first-order chi connectivity index (χ1) is 9.88. The van der Waals surface area contributed by atoms with E-state index < -0.39 is 33.7 Å². The molecule has 5 nitrogen and oxygen atoms in total. The summed E-state index contributed by atoms with van der Waals surface area (Å²) in [6.07, 6.45) is 0. The predicted molar refractivity (Wildman–Crippen MR) is 75.1 cm³/mol. The monoisotopic (exact) mass is 356 g/mol. The molecule has 0 aliphatic heterocycles. The van der Waals surface area contributed by atoms with Crippen molar-refractivity contribution in [1.82, 2.24) is 0 Å². The molecular weight excluding hydrogens is 350 g/mol. The van der Waals surface area contributed by atoms with Crippen LogP contribution in [0.2, 0.25) is 0 Å². The third-order valence-corrected chi connectivity index (χ3v) is 3.22. The van der Waals surface area contributed by atoms with Gasteiger partial charge in [-0.05, 0) is 46.3 Å². The van der Waals surface area contributed by atoms with E-state index in [0.717, 1.165) is 24.3 Å². The van der Waals surface area contributed by atoms with Gasteiger partial charge in [0.05, 0.1) is 9.40 Å². The Kier molecular flexibility index (Phi) is 4.27. The van der Waals surface area contributed by atoms with Crippen LogP contribution in [0.4, 0.5) is 20.2 Å². The summed E-state index contributed by atoms with van der Waals surface area (Å²) in [4.78, 5) is 22.0. The SMILES string of the molecule is O=C(Nc1ccc(Br)c(F)c1)c1cc(F)ccc1[N+](=O)[O-]. The van der Waals surface area contributed by atoms with Crippen molar-refractivity contribution in [3.05, 3.63) is 68.2 Å². The van der Waals surface area contributed by atoms with Crippen molar-refractivity contribution in [2.75, 3.05) is 5.32 Å². The summed E-state index contributed by atoms with van der Waals surface area (Å²) in [6.45, 7) is 0. The highest BCUT2D eigenvalue weighted by Gasteiger charge is 2.21. The third-order valence-electron chi connectivity index (χ3n) is 2.58. The van der Waals surface area contributed by atoms with Crippen LogP contribution in [0.3, 0.4) is 0 Å². The lowest BCUT2D eigenvalue weighted by molar-refractivity contribution is -0.385. The minimum atomic E-state index is -0.900. The zero-order chi connectivity index (χ0) is 15.6. The van der Waals surface area contributed by atoms with Crippen molar-refractivity contribution >= 4 is 33.2 Å². The molecule has 0 fully saturated rings.